The van der Waals surface area contributed by atoms with E-state index in [0.29, 0.717) is 11.3 Å². The lowest BCUT2D eigenvalue weighted by Crippen LogP contribution is -2.32. The van der Waals surface area contributed by atoms with Crippen molar-refractivity contribution < 1.29 is 13.5 Å². The Morgan fingerprint density at radius 2 is 2.12 bits per heavy atom. The van der Waals surface area contributed by atoms with Crippen molar-refractivity contribution >= 4 is 43.1 Å². The zero-order chi connectivity index (χ0) is 12.6. The van der Waals surface area contributed by atoms with Crippen LogP contribution >= 0.6 is 27.5 Å². The average molecular weight is 329 g/mol. The van der Waals surface area contributed by atoms with E-state index >= 15 is 0 Å². The highest BCUT2D eigenvalue weighted by Gasteiger charge is 2.44. The fourth-order valence-corrected chi connectivity index (χ4v) is 2.06. The fourth-order valence-electron chi connectivity index (χ4n) is 1.13. The van der Waals surface area contributed by atoms with Crippen molar-refractivity contribution in [1.82, 2.24) is 0 Å². The fraction of sp³-hybridized carbons (Fsp3) is 0.333. The Balaban J connectivity index is 3.17. The number of nitrogens with two attached hydrogens (primary N) is 1. The Kier molecular flexibility index (Phi) is 3.89. The van der Waals surface area contributed by atoms with Crippen LogP contribution in [0.2, 0.25) is 0 Å². The van der Waals surface area contributed by atoms with E-state index in [1.54, 1.807) is 18.2 Å². The van der Waals surface area contributed by atoms with Crippen LogP contribution in [-0.4, -0.2) is 22.9 Å². The summed E-state index contributed by atoms with van der Waals surface area (Å²) < 4.78 is 20.8. The highest BCUT2D eigenvalue weighted by atomic mass is 79.9. The Morgan fingerprint density at radius 3 is 2.56 bits per heavy atom. The standard InChI is InChI=1S/C9H11BrClNO3S/c1-16(14,15)9(10,11)8(13)6-3-2-4-7(12)5-6/h2-5,8,13H,12H2,1H3/t8-,9-/m1/s1. The van der Waals surface area contributed by atoms with E-state index in [9.17, 15) is 13.5 Å². The van der Waals surface area contributed by atoms with Gasteiger partial charge in [0.2, 0.25) is 3.12 Å². The van der Waals surface area contributed by atoms with Crippen molar-refractivity contribution in [2.45, 2.75) is 9.22 Å². The van der Waals surface area contributed by atoms with Gasteiger partial charge in [-0.1, -0.05) is 23.7 Å². The minimum atomic E-state index is -3.67. The summed E-state index contributed by atoms with van der Waals surface area (Å²) in [4.78, 5) is 0. The van der Waals surface area contributed by atoms with E-state index in [4.69, 9.17) is 17.3 Å². The molecule has 0 amide bonds. The third-order valence-corrected chi connectivity index (χ3v) is 6.50. The van der Waals surface area contributed by atoms with Crippen molar-refractivity contribution in [2.75, 3.05) is 12.0 Å². The molecule has 0 bridgehead atoms. The van der Waals surface area contributed by atoms with Crippen LogP contribution in [-0.2, 0) is 9.84 Å². The molecule has 0 fully saturated rings. The minimum Gasteiger partial charge on any atom is -0.399 e. The van der Waals surface area contributed by atoms with Crippen LogP contribution < -0.4 is 5.73 Å². The maximum Gasteiger partial charge on any atom is 0.228 e. The van der Waals surface area contributed by atoms with E-state index < -0.39 is 19.1 Å². The summed E-state index contributed by atoms with van der Waals surface area (Å²) >= 11 is 8.60. The summed E-state index contributed by atoms with van der Waals surface area (Å²) in [5, 5.41) is 9.89. The van der Waals surface area contributed by atoms with E-state index in [2.05, 4.69) is 15.9 Å². The third kappa shape index (κ3) is 2.68. The van der Waals surface area contributed by atoms with Gasteiger partial charge < -0.3 is 10.8 Å². The van der Waals surface area contributed by atoms with Crippen LogP contribution in [0.25, 0.3) is 0 Å². The number of alkyl halides is 2. The molecule has 7 heteroatoms. The SMILES string of the molecule is CS(=O)(=O)[C@@](Cl)(Br)[C@H](O)c1cccc(N)c1. The number of halogens is 2. The Morgan fingerprint density at radius 1 is 1.56 bits per heavy atom. The van der Waals surface area contributed by atoms with Gasteiger partial charge in [0.15, 0.2) is 9.84 Å². The van der Waals surface area contributed by atoms with Gasteiger partial charge in [0.05, 0.1) is 0 Å². The predicted molar refractivity (Wildman–Crippen MR) is 68.2 cm³/mol. The molecule has 1 aromatic carbocycles. The molecule has 0 saturated carbocycles. The molecule has 0 heterocycles. The molecular weight excluding hydrogens is 318 g/mol. The lowest BCUT2D eigenvalue weighted by molar-refractivity contribution is 0.185. The second-order valence-electron chi connectivity index (χ2n) is 3.41. The van der Waals surface area contributed by atoms with Crippen molar-refractivity contribution in [1.29, 1.82) is 0 Å². The van der Waals surface area contributed by atoms with Gasteiger partial charge in [0.25, 0.3) is 0 Å². The van der Waals surface area contributed by atoms with E-state index in [1.807, 2.05) is 0 Å². The first kappa shape index (κ1) is 13.8. The van der Waals surface area contributed by atoms with Gasteiger partial charge in [-0.2, -0.15) is 0 Å². The predicted octanol–water partition coefficient (Wildman–Crippen LogP) is 1.63. The molecule has 1 aromatic rings. The van der Waals surface area contributed by atoms with Gasteiger partial charge in [-0.25, -0.2) is 8.42 Å². The highest BCUT2D eigenvalue weighted by Crippen LogP contribution is 2.42. The molecule has 0 spiro atoms. The number of aliphatic hydroxyl groups excluding tert-OH is 1. The van der Waals surface area contributed by atoms with Gasteiger partial charge in [-0.3, -0.25) is 0 Å². The molecule has 90 valence electrons. The molecule has 2 atom stereocenters. The molecular formula is C9H11BrClNO3S. The third-order valence-electron chi connectivity index (χ3n) is 2.04. The molecule has 16 heavy (non-hydrogen) atoms. The number of hydrogen-bond donors (Lipinski definition) is 2. The van der Waals surface area contributed by atoms with Gasteiger partial charge >= 0.3 is 0 Å². The molecule has 0 aliphatic carbocycles. The number of sulfone groups is 1. The Hall–Kier alpha value is -0.300. The summed E-state index contributed by atoms with van der Waals surface area (Å²) in [5.41, 5.74) is 6.28. The molecule has 0 aliphatic heterocycles. The van der Waals surface area contributed by atoms with Gasteiger partial charge in [-0.05, 0) is 33.6 Å². The second-order valence-corrected chi connectivity index (χ2v) is 8.65. The largest absolute Gasteiger partial charge is 0.399 e. The molecule has 0 radical (unpaired) electrons. The van der Waals surface area contributed by atoms with Crippen molar-refractivity contribution in [2.24, 2.45) is 0 Å². The smallest absolute Gasteiger partial charge is 0.228 e. The maximum atomic E-state index is 11.4. The number of hydrogen-bond acceptors (Lipinski definition) is 4. The summed E-state index contributed by atoms with van der Waals surface area (Å²) in [6, 6.07) is 6.25. The average Bonchev–Trinajstić information content (AvgIpc) is 2.14. The first-order chi connectivity index (χ1) is 7.16. The first-order valence-electron chi connectivity index (χ1n) is 4.27. The topological polar surface area (TPSA) is 80.4 Å². The summed E-state index contributed by atoms with van der Waals surface area (Å²) in [6.45, 7) is 0. The molecule has 0 aromatic heterocycles. The van der Waals surface area contributed by atoms with Crippen LogP contribution in [0.3, 0.4) is 0 Å². The summed E-state index contributed by atoms with van der Waals surface area (Å²) in [6.07, 6.45) is -0.475. The van der Waals surface area contributed by atoms with Gasteiger partial charge in [0.1, 0.15) is 6.10 Å². The molecule has 1 rings (SSSR count). The van der Waals surface area contributed by atoms with Crippen LogP contribution in [0.15, 0.2) is 24.3 Å². The van der Waals surface area contributed by atoms with Crippen LogP contribution in [0, 0.1) is 0 Å². The quantitative estimate of drug-likeness (QED) is 0.653. The molecule has 0 aliphatic rings. The zero-order valence-corrected chi connectivity index (χ0v) is 11.6. The second kappa shape index (κ2) is 4.52. The van der Waals surface area contributed by atoms with Crippen molar-refractivity contribution in [3.05, 3.63) is 29.8 Å². The number of rotatable bonds is 3. The zero-order valence-electron chi connectivity index (χ0n) is 8.39. The van der Waals surface area contributed by atoms with Crippen molar-refractivity contribution in [3.63, 3.8) is 0 Å². The minimum absolute atomic E-state index is 0.331. The Bertz CT molecular complexity index is 489. The molecule has 0 unspecified atom stereocenters. The summed E-state index contributed by atoms with van der Waals surface area (Å²) in [5.74, 6) is 0. The van der Waals surface area contributed by atoms with E-state index in [0.717, 1.165) is 6.26 Å². The van der Waals surface area contributed by atoms with E-state index in [1.165, 1.54) is 6.07 Å². The number of anilines is 1. The lowest BCUT2D eigenvalue weighted by Gasteiger charge is -2.24. The monoisotopic (exact) mass is 327 g/mol. The maximum absolute atomic E-state index is 11.4. The van der Waals surface area contributed by atoms with Crippen LogP contribution in [0.5, 0.6) is 0 Å². The number of benzene rings is 1. The molecule has 3 N–H and O–H groups in total. The lowest BCUT2D eigenvalue weighted by atomic mass is 10.1. The molecule has 4 nitrogen and oxygen atoms in total. The van der Waals surface area contributed by atoms with Crippen LogP contribution in [0.1, 0.15) is 11.7 Å². The highest BCUT2D eigenvalue weighted by molar-refractivity contribution is 9.12. The first-order valence-corrected chi connectivity index (χ1v) is 7.33. The van der Waals surface area contributed by atoms with Gasteiger partial charge in [-0.15, -0.1) is 0 Å². The van der Waals surface area contributed by atoms with Crippen LogP contribution in [0.4, 0.5) is 5.69 Å². The Labute approximate surface area is 107 Å². The van der Waals surface area contributed by atoms with Gasteiger partial charge in [0, 0.05) is 11.9 Å². The van der Waals surface area contributed by atoms with Crippen molar-refractivity contribution in [3.8, 4) is 0 Å². The van der Waals surface area contributed by atoms with E-state index in [-0.39, 0.29) is 0 Å². The molecule has 0 saturated heterocycles. The number of nitrogen functional groups attached to an aromatic ring is 1. The normalized spacial score (nSPS) is 17.8. The number of aliphatic hydroxyl groups is 1. The summed E-state index contributed by atoms with van der Waals surface area (Å²) in [7, 11) is -3.67.